The highest BCUT2D eigenvalue weighted by atomic mass is 79.9. The summed E-state index contributed by atoms with van der Waals surface area (Å²) in [6.07, 6.45) is 3.50. The summed E-state index contributed by atoms with van der Waals surface area (Å²) < 4.78 is 0.947. The normalized spacial score (nSPS) is 10.5. The number of halogens is 1. The summed E-state index contributed by atoms with van der Waals surface area (Å²) in [6.45, 7) is 1.85. The summed E-state index contributed by atoms with van der Waals surface area (Å²) in [5.74, 6) is 0.748. The SMILES string of the molecule is Cc1ncc2cc(Br)cnc2n1. The Morgan fingerprint density at radius 2 is 2.08 bits per heavy atom. The Morgan fingerprint density at radius 3 is 2.92 bits per heavy atom. The van der Waals surface area contributed by atoms with E-state index in [0.717, 1.165) is 21.3 Å². The molecule has 0 atom stereocenters. The fourth-order valence-electron chi connectivity index (χ4n) is 0.981. The van der Waals surface area contributed by atoms with Crippen LogP contribution in [0.4, 0.5) is 0 Å². The largest absolute Gasteiger partial charge is 0.241 e. The second kappa shape index (κ2) is 2.79. The zero-order valence-corrected chi connectivity index (χ0v) is 8.04. The maximum absolute atomic E-state index is 4.17. The molecular formula is C8H6BrN3. The molecule has 2 heterocycles. The minimum atomic E-state index is 0.741. The number of nitrogens with zero attached hydrogens (tertiary/aromatic N) is 3. The van der Waals surface area contributed by atoms with E-state index in [9.17, 15) is 0 Å². The second-order valence-corrected chi connectivity index (χ2v) is 3.40. The molecule has 12 heavy (non-hydrogen) atoms. The van der Waals surface area contributed by atoms with Gasteiger partial charge in [0.25, 0.3) is 0 Å². The molecule has 0 aliphatic rings. The van der Waals surface area contributed by atoms with Gasteiger partial charge < -0.3 is 0 Å². The molecule has 0 spiro atoms. The molecule has 60 valence electrons. The molecule has 4 heteroatoms. The van der Waals surface area contributed by atoms with Crippen molar-refractivity contribution in [3.05, 3.63) is 28.8 Å². The Hall–Kier alpha value is -1.03. The third-order valence-electron chi connectivity index (χ3n) is 1.52. The van der Waals surface area contributed by atoms with Crippen LogP contribution < -0.4 is 0 Å². The molecule has 0 saturated carbocycles. The number of pyridine rings is 1. The Kier molecular flexibility index (Phi) is 1.77. The minimum Gasteiger partial charge on any atom is -0.241 e. The number of rotatable bonds is 0. The van der Waals surface area contributed by atoms with Gasteiger partial charge in [-0.2, -0.15) is 0 Å². The van der Waals surface area contributed by atoms with Gasteiger partial charge in [-0.25, -0.2) is 15.0 Å². The highest BCUT2D eigenvalue weighted by Gasteiger charge is 1.97. The van der Waals surface area contributed by atoms with Crippen LogP contribution in [0, 0.1) is 6.92 Å². The lowest BCUT2D eigenvalue weighted by Gasteiger charge is -1.96. The summed E-state index contributed by atoms with van der Waals surface area (Å²) in [4.78, 5) is 12.4. The molecule has 0 N–H and O–H groups in total. The molecule has 0 unspecified atom stereocenters. The standard InChI is InChI=1S/C8H6BrN3/c1-5-10-3-6-2-7(9)4-11-8(6)12-5/h2-4H,1H3. The zero-order valence-electron chi connectivity index (χ0n) is 6.45. The van der Waals surface area contributed by atoms with E-state index < -0.39 is 0 Å². The van der Waals surface area contributed by atoms with Crippen LogP contribution in [-0.4, -0.2) is 15.0 Å². The third-order valence-corrected chi connectivity index (χ3v) is 1.95. The highest BCUT2D eigenvalue weighted by molar-refractivity contribution is 9.10. The predicted octanol–water partition coefficient (Wildman–Crippen LogP) is 2.10. The van der Waals surface area contributed by atoms with Gasteiger partial charge in [0, 0.05) is 22.3 Å². The van der Waals surface area contributed by atoms with E-state index in [1.807, 2.05) is 13.0 Å². The molecule has 0 bridgehead atoms. The number of hydrogen-bond donors (Lipinski definition) is 0. The quantitative estimate of drug-likeness (QED) is 0.687. The second-order valence-electron chi connectivity index (χ2n) is 2.48. The van der Waals surface area contributed by atoms with Gasteiger partial charge in [-0.1, -0.05) is 0 Å². The van der Waals surface area contributed by atoms with Crippen molar-refractivity contribution in [3.8, 4) is 0 Å². The first-order valence-electron chi connectivity index (χ1n) is 3.50. The van der Waals surface area contributed by atoms with Crippen molar-refractivity contribution in [1.29, 1.82) is 0 Å². The average Bonchev–Trinajstić information content (AvgIpc) is 2.05. The highest BCUT2D eigenvalue weighted by Crippen LogP contribution is 2.14. The van der Waals surface area contributed by atoms with Gasteiger partial charge in [0.05, 0.1) is 0 Å². The van der Waals surface area contributed by atoms with Gasteiger partial charge in [-0.15, -0.1) is 0 Å². The summed E-state index contributed by atoms with van der Waals surface area (Å²) in [5.41, 5.74) is 0.741. The van der Waals surface area contributed by atoms with Gasteiger partial charge in [-0.3, -0.25) is 0 Å². The lowest BCUT2D eigenvalue weighted by atomic mass is 10.3. The van der Waals surface area contributed by atoms with Crippen molar-refractivity contribution in [3.63, 3.8) is 0 Å². The Bertz CT molecular complexity index is 386. The van der Waals surface area contributed by atoms with Gasteiger partial charge in [0.15, 0.2) is 5.65 Å². The van der Waals surface area contributed by atoms with Crippen LogP contribution in [0.2, 0.25) is 0 Å². The van der Waals surface area contributed by atoms with Crippen molar-refractivity contribution >= 4 is 27.0 Å². The Morgan fingerprint density at radius 1 is 1.25 bits per heavy atom. The lowest BCUT2D eigenvalue weighted by molar-refractivity contribution is 1.07. The van der Waals surface area contributed by atoms with Gasteiger partial charge >= 0.3 is 0 Å². The average molecular weight is 224 g/mol. The van der Waals surface area contributed by atoms with Crippen LogP contribution in [0.15, 0.2) is 22.9 Å². The van der Waals surface area contributed by atoms with E-state index in [4.69, 9.17) is 0 Å². The maximum Gasteiger partial charge on any atom is 0.162 e. The summed E-state index contributed by atoms with van der Waals surface area (Å²) in [7, 11) is 0. The molecule has 2 aromatic heterocycles. The fraction of sp³-hybridized carbons (Fsp3) is 0.125. The molecule has 0 radical (unpaired) electrons. The summed E-state index contributed by atoms with van der Waals surface area (Å²) >= 11 is 3.33. The lowest BCUT2D eigenvalue weighted by Crippen LogP contribution is -1.89. The van der Waals surface area contributed by atoms with Crippen LogP contribution in [0.25, 0.3) is 11.0 Å². The maximum atomic E-state index is 4.17. The topological polar surface area (TPSA) is 38.7 Å². The van der Waals surface area contributed by atoms with Gasteiger partial charge in [0.2, 0.25) is 0 Å². The zero-order chi connectivity index (χ0) is 8.55. The Labute approximate surface area is 78.0 Å². The molecule has 2 rings (SSSR count). The molecule has 3 nitrogen and oxygen atoms in total. The van der Waals surface area contributed by atoms with Crippen molar-refractivity contribution in [2.75, 3.05) is 0 Å². The molecule has 0 amide bonds. The fourth-order valence-corrected chi connectivity index (χ4v) is 1.33. The first-order valence-corrected chi connectivity index (χ1v) is 4.30. The molecule has 0 aliphatic heterocycles. The first kappa shape index (κ1) is 7.61. The Balaban J connectivity index is 2.79. The summed E-state index contributed by atoms with van der Waals surface area (Å²) in [5, 5.41) is 0.954. The van der Waals surface area contributed by atoms with Crippen LogP contribution in [0.3, 0.4) is 0 Å². The molecule has 0 aromatic carbocycles. The van der Waals surface area contributed by atoms with Crippen LogP contribution in [0.1, 0.15) is 5.82 Å². The van der Waals surface area contributed by atoms with E-state index >= 15 is 0 Å². The van der Waals surface area contributed by atoms with E-state index in [0.29, 0.717) is 0 Å². The molecule has 0 saturated heterocycles. The first-order chi connectivity index (χ1) is 5.75. The monoisotopic (exact) mass is 223 g/mol. The van der Waals surface area contributed by atoms with Gasteiger partial charge in [-0.05, 0) is 28.9 Å². The molecule has 0 aliphatic carbocycles. The molecule has 2 aromatic rings. The third kappa shape index (κ3) is 1.30. The van der Waals surface area contributed by atoms with E-state index in [-0.39, 0.29) is 0 Å². The minimum absolute atomic E-state index is 0.741. The predicted molar refractivity (Wildman–Crippen MR) is 49.8 cm³/mol. The number of hydrogen-bond acceptors (Lipinski definition) is 3. The summed E-state index contributed by atoms with van der Waals surface area (Å²) in [6, 6.07) is 1.95. The van der Waals surface area contributed by atoms with Crippen molar-refractivity contribution in [2.45, 2.75) is 6.92 Å². The number of aromatic nitrogens is 3. The van der Waals surface area contributed by atoms with Crippen molar-refractivity contribution in [1.82, 2.24) is 15.0 Å². The number of fused-ring (bicyclic) bond motifs is 1. The van der Waals surface area contributed by atoms with Crippen LogP contribution in [0.5, 0.6) is 0 Å². The smallest absolute Gasteiger partial charge is 0.162 e. The van der Waals surface area contributed by atoms with Crippen molar-refractivity contribution < 1.29 is 0 Å². The van der Waals surface area contributed by atoms with Gasteiger partial charge in [0.1, 0.15) is 5.82 Å². The van der Waals surface area contributed by atoms with Crippen LogP contribution >= 0.6 is 15.9 Å². The van der Waals surface area contributed by atoms with E-state index in [2.05, 4.69) is 30.9 Å². The molecular weight excluding hydrogens is 218 g/mol. The number of aryl methyl sites for hydroxylation is 1. The van der Waals surface area contributed by atoms with Crippen LogP contribution in [-0.2, 0) is 0 Å². The molecule has 0 fully saturated rings. The van der Waals surface area contributed by atoms with E-state index in [1.54, 1.807) is 12.4 Å². The van der Waals surface area contributed by atoms with E-state index in [1.165, 1.54) is 0 Å². The van der Waals surface area contributed by atoms with Crippen molar-refractivity contribution in [2.24, 2.45) is 0 Å².